The molecule has 1 aromatic carbocycles. The maximum absolute atomic E-state index is 11.6. The molecule has 108 valence electrons. The molecule has 20 heavy (non-hydrogen) atoms. The topological polar surface area (TPSA) is 105 Å². The highest BCUT2D eigenvalue weighted by Crippen LogP contribution is 2.18. The van der Waals surface area contributed by atoms with Crippen molar-refractivity contribution in [3.63, 3.8) is 0 Å². The molecule has 0 unspecified atom stereocenters. The van der Waals surface area contributed by atoms with Crippen LogP contribution in [-0.2, 0) is 9.53 Å². The van der Waals surface area contributed by atoms with Crippen LogP contribution in [0, 0.1) is 3.57 Å². The van der Waals surface area contributed by atoms with Crippen LogP contribution in [0.25, 0.3) is 0 Å². The second-order valence-electron chi connectivity index (χ2n) is 3.70. The molecule has 0 radical (unpaired) electrons. The molecule has 1 aromatic rings. The van der Waals surface area contributed by atoms with Crippen LogP contribution in [0.15, 0.2) is 18.2 Å². The predicted octanol–water partition coefficient (Wildman–Crippen LogP) is 1.67. The summed E-state index contributed by atoms with van der Waals surface area (Å²) in [6.45, 7) is 0.102. The number of benzene rings is 1. The molecule has 0 saturated carbocycles. The summed E-state index contributed by atoms with van der Waals surface area (Å²) < 4.78 is 5.17. The van der Waals surface area contributed by atoms with Crippen LogP contribution in [-0.4, -0.2) is 36.7 Å². The van der Waals surface area contributed by atoms with Gasteiger partial charge in [-0.3, -0.25) is 4.79 Å². The van der Waals surface area contributed by atoms with Crippen molar-refractivity contribution >= 4 is 46.2 Å². The van der Waals surface area contributed by atoms with Crippen LogP contribution in [0.5, 0.6) is 0 Å². The Bertz CT molecular complexity index is 533. The maximum atomic E-state index is 11.6. The van der Waals surface area contributed by atoms with Gasteiger partial charge in [-0.15, -0.1) is 0 Å². The number of carbonyl (C=O) groups is 3. The minimum absolute atomic E-state index is 0.0000166. The number of aromatic carboxylic acids is 1. The number of carboxylic acids is 1. The van der Waals surface area contributed by atoms with E-state index < -0.39 is 18.0 Å². The van der Waals surface area contributed by atoms with Crippen molar-refractivity contribution in [1.29, 1.82) is 0 Å². The SMILES string of the molecule is COC(=O)CCNC(=O)Nc1ccc(I)cc1C(=O)O. The summed E-state index contributed by atoms with van der Waals surface area (Å²) in [6, 6.07) is 4.05. The molecule has 0 aliphatic heterocycles. The number of carboxylic acid groups (broad SMARTS) is 1. The third-order valence-electron chi connectivity index (χ3n) is 2.30. The summed E-state index contributed by atoms with van der Waals surface area (Å²) in [7, 11) is 1.26. The number of rotatable bonds is 5. The highest BCUT2D eigenvalue weighted by Gasteiger charge is 2.13. The summed E-state index contributed by atoms with van der Waals surface area (Å²) in [5, 5.41) is 13.9. The molecule has 1 rings (SSSR count). The van der Waals surface area contributed by atoms with Crippen LogP contribution in [0.1, 0.15) is 16.8 Å². The Morgan fingerprint density at radius 3 is 2.65 bits per heavy atom. The van der Waals surface area contributed by atoms with E-state index in [1.54, 1.807) is 6.07 Å². The number of urea groups is 1. The van der Waals surface area contributed by atoms with Crippen LogP contribution in [0.3, 0.4) is 0 Å². The number of carbonyl (C=O) groups excluding carboxylic acids is 2. The lowest BCUT2D eigenvalue weighted by atomic mass is 10.2. The Morgan fingerprint density at radius 1 is 1.35 bits per heavy atom. The van der Waals surface area contributed by atoms with Gasteiger partial charge in [0.1, 0.15) is 0 Å². The zero-order chi connectivity index (χ0) is 15.1. The van der Waals surface area contributed by atoms with E-state index in [-0.39, 0.29) is 24.2 Å². The molecule has 0 fully saturated rings. The number of methoxy groups -OCH3 is 1. The first-order valence-electron chi connectivity index (χ1n) is 5.58. The Balaban J connectivity index is 2.62. The van der Waals surface area contributed by atoms with Crippen molar-refractivity contribution in [2.75, 3.05) is 19.0 Å². The van der Waals surface area contributed by atoms with E-state index in [1.165, 1.54) is 19.2 Å². The van der Waals surface area contributed by atoms with Gasteiger partial charge in [-0.05, 0) is 40.8 Å². The lowest BCUT2D eigenvalue weighted by Crippen LogP contribution is -2.31. The average Bonchev–Trinajstić information content (AvgIpc) is 2.40. The monoisotopic (exact) mass is 392 g/mol. The molecule has 0 atom stereocenters. The van der Waals surface area contributed by atoms with Crippen LogP contribution < -0.4 is 10.6 Å². The van der Waals surface area contributed by atoms with Gasteiger partial charge in [0, 0.05) is 10.1 Å². The fourth-order valence-electron chi connectivity index (χ4n) is 1.35. The second kappa shape index (κ2) is 7.68. The Morgan fingerprint density at radius 2 is 2.05 bits per heavy atom. The van der Waals surface area contributed by atoms with E-state index in [0.717, 1.165) is 3.57 Å². The third-order valence-corrected chi connectivity index (χ3v) is 2.97. The lowest BCUT2D eigenvalue weighted by Gasteiger charge is -2.10. The molecule has 7 nitrogen and oxygen atoms in total. The smallest absolute Gasteiger partial charge is 0.337 e. The van der Waals surface area contributed by atoms with Gasteiger partial charge in [0.15, 0.2) is 0 Å². The number of ether oxygens (including phenoxy) is 1. The molecule has 0 saturated heterocycles. The van der Waals surface area contributed by atoms with Crippen molar-refractivity contribution in [3.05, 3.63) is 27.3 Å². The van der Waals surface area contributed by atoms with E-state index in [4.69, 9.17) is 5.11 Å². The average molecular weight is 392 g/mol. The van der Waals surface area contributed by atoms with E-state index >= 15 is 0 Å². The molecule has 0 aromatic heterocycles. The minimum Gasteiger partial charge on any atom is -0.478 e. The Kier molecular flexibility index (Phi) is 6.22. The third kappa shape index (κ3) is 5.03. The van der Waals surface area contributed by atoms with Gasteiger partial charge in [0.2, 0.25) is 0 Å². The molecular formula is C12H13IN2O5. The number of hydrogen-bond acceptors (Lipinski definition) is 4. The fraction of sp³-hybridized carbons (Fsp3) is 0.250. The molecule has 2 amide bonds. The normalized spacial score (nSPS) is 9.70. The lowest BCUT2D eigenvalue weighted by molar-refractivity contribution is -0.140. The Hall–Kier alpha value is -1.84. The number of halogens is 1. The number of nitrogens with one attached hydrogen (secondary N) is 2. The van der Waals surface area contributed by atoms with Crippen molar-refractivity contribution in [2.45, 2.75) is 6.42 Å². The predicted molar refractivity (Wildman–Crippen MR) is 79.8 cm³/mol. The molecule has 8 heteroatoms. The van der Waals surface area contributed by atoms with Crippen LogP contribution in [0.2, 0.25) is 0 Å². The zero-order valence-electron chi connectivity index (χ0n) is 10.6. The summed E-state index contributed by atoms with van der Waals surface area (Å²) >= 11 is 1.98. The molecule has 0 heterocycles. The van der Waals surface area contributed by atoms with Gasteiger partial charge in [0.25, 0.3) is 0 Å². The highest BCUT2D eigenvalue weighted by atomic mass is 127. The molecular weight excluding hydrogens is 379 g/mol. The zero-order valence-corrected chi connectivity index (χ0v) is 12.8. The fourth-order valence-corrected chi connectivity index (χ4v) is 1.84. The summed E-state index contributed by atoms with van der Waals surface area (Å²) in [5.41, 5.74) is 0.188. The summed E-state index contributed by atoms with van der Waals surface area (Å²) in [6.07, 6.45) is 0.0440. The van der Waals surface area contributed by atoms with Crippen molar-refractivity contribution in [2.24, 2.45) is 0 Å². The maximum Gasteiger partial charge on any atom is 0.337 e. The summed E-state index contributed by atoms with van der Waals surface area (Å²) in [4.78, 5) is 33.5. The number of anilines is 1. The number of esters is 1. The van der Waals surface area contributed by atoms with Crippen molar-refractivity contribution < 1.29 is 24.2 Å². The minimum atomic E-state index is -1.13. The standard InChI is InChI=1S/C12H13IN2O5/c1-20-10(16)4-5-14-12(19)15-9-3-2-7(13)6-8(9)11(17)18/h2-3,6H,4-5H2,1H3,(H,17,18)(H2,14,15,19). The van der Waals surface area contributed by atoms with Gasteiger partial charge in [-0.2, -0.15) is 0 Å². The van der Waals surface area contributed by atoms with E-state index in [0.29, 0.717) is 0 Å². The van der Waals surface area contributed by atoms with Gasteiger partial charge in [-0.1, -0.05) is 0 Å². The van der Waals surface area contributed by atoms with Crippen LogP contribution >= 0.6 is 22.6 Å². The van der Waals surface area contributed by atoms with Gasteiger partial charge >= 0.3 is 18.0 Å². The quantitative estimate of drug-likeness (QED) is 0.523. The van der Waals surface area contributed by atoms with Gasteiger partial charge in [0.05, 0.1) is 24.8 Å². The number of amides is 2. The molecule has 0 spiro atoms. The summed E-state index contributed by atoms with van der Waals surface area (Å²) in [5.74, 6) is -1.57. The Labute approximate surface area is 128 Å². The molecule has 3 N–H and O–H groups in total. The largest absolute Gasteiger partial charge is 0.478 e. The molecule has 0 aliphatic rings. The van der Waals surface area contributed by atoms with E-state index in [9.17, 15) is 14.4 Å². The van der Waals surface area contributed by atoms with Crippen molar-refractivity contribution in [1.82, 2.24) is 5.32 Å². The van der Waals surface area contributed by atoms with Gasteiger partial charge < -0.3 is 20.5 Å². The van der Waals surface area contributed by atoms with Crippen LogP contribution in [0.4, 0.5) is 10.5 Å². The molecule has 0 aliphatic carbocycles. The van der Waals surface area contributed by atoms with E-state index in [1.807, 2.05) is 22.6 Å². The van der Waals surface area contributed by atoms with E-state index in [2.05, 4.69) is 15.4 Å². The highest BCUT2D eigenvalue weighted by molar-refractivity contribution is 14.1. The molecule has 0 bridgehead atoms. The first kappa shape index (κ1) is 16.2. The second-order valence-corrected chi connectivity index (χ2v) is 4.95. The first-order chi connectivity index (χ1) is 9.43. The van der Waals surface area contributed by atoms with Gasteiger partial charge in [-0.25, -0.2) is 9.59 Å². The van der Waals surface area contributed by atoms with Crippen molar-refractivity contribution in [3.8, 4) is 0 Å². The number of hydrogen-bond donors (Lipinski definition) is 3. The first-order valence-corrected chi connectivity index (χ1v) is 6.66.